The first-order valence-electron chi connectivity index (χ1n) is 6.67. The molecule has 1 unspecified atom stereocenters. The molecule has 0 fully saturated rings. The van der Waals surface area contributed by atoms with Crippen LogP contribution in [-0.4, -0.2) is 21.0 Å². The van der Waals surface area contributed by atoms with Crippen LogP contribution in [0, 0.1) is 6.92 Å². The number of aromatic hydroxyl groups is 2. The lowest BCUT2D eigenvalue weighted by Crippen LogP contribution is -2.07. The molecule has 0 bridgehead atoms. The highest BCUT2D eigenvalue weighted by Crippen LogP contribution is 2.40. The van der Waals surface area contributed by atoms with Gasteiger partial charge in [0.2, 0.25) is 0 Å². The maximum atomic E-state index is 12.3. The second kappa shape index (κ2) is 5.18. The van der Waals surface area contributed by atoms with Crippen LogP contribution in [0.3, 0.4) is 0 Å². The van der Waals surface area contributed by atoms with Gasteiger partial charge in [-0.2, -0.15) is 0 Å². The van der Waals surface area contributed by atoms with Gasteiger partial charge in [-0.15, -0.1) is 0 Å². The number of benzene rings is 1. The molecule has 2 aromatic rings. The van der Waals surface area contributed by atoms with Crippen LogP contribution in [0.5, 0.6) is 11.5 Å². The highest BCUT2D eigenvalue weighted by molar-refractivity contribution is 5.96. The maximum absolute atomic E-state index is 12.3. The number of ether oxygens (including phenoxy) is 1. The molecule has 3 rings (SSSR count). The summed E-state index contributed by atoms with van der Waals surface area (Å²) < 4.78 is 5.60. The fraction of sp³-hybridized carbons (Fsp3) is 0.250. The lowest BCUT2D eigenvalue weighted by molar-refractivity contribution is 0.0529. The third-order valence-electron chi connectivity index (χ3n) is 3.66. The third-order valence-corrected chi connectivity index (χ3v) is 3.66. The first-order chi connectivity index (χ1) is 10.1. The van der Waals surface area contributed by atoms with Crippen LogP contribution < -0.4 is 0 Å². The maximum Gasteiger partial charge on any atom is 0.165 e. The van der Waals surface area contributed by atoms with Crippen LogP contribution in [0.4, 0.5) is 0 Å². The second-order valence-corrected chi connectivity index (χ2v) is 5.11. The summed E-state index contributed by atoms with van der Waals surface area (Å²) in [6, 6.07) is 6.21. The van der Waals surface area contributed by atoms with E-state index in [4.69, 9.17) is 4.74 Å². The van der Waals surface area contributed by atoms with E-state index in [-0.39, 0.29) is 23.7 Å². The summed E-state index contributed by atoms with van der Waals surface area (Å²) in [7, 11) is 0. The van der Waals surface area contributed by atoms with E-state index in [0.29, 0.717) is 23.4 Å². The molecule has 0 amide bonds. The van der Waals surface area contributed by atoms with Crippen LogP contribution in [-0.2, 0) is 11.3 Å². The van der Waals surface area contributed by atoms with Gasteiger partial charge in [-0.3, -0.25) is 9.78 Å². The molecule has 2 heterocycles. The van der Waals surface area contributed by atoms with Gasteiger partial charge in [-0.25, -0.2) is 0 Å². The van der Waals surface area contributed by atoms with Gasteiger partial charge in [0.05, 0.1) is 18.4 Å². The molecule has 0 saturated heterocycles. The molecule has 5 nitrogen and oxygen atoms in total. The van der Waals surface area contributed by atoms with Crippen molar-refractivity contribution in [1.82, 2.24) is 4.98 Å². The normalized spacial score (nSPS) is 16.7. The minimum absolute atomic E-state index is 0.0523. The van der Waals surface area contributed by atoms with Crippen molar-refractivity contribution in [3.05, 3.63) is 52.8 Å². The topological polar surface area (TPSA) is 79.7 Å². The molecule has 21 heavy (non-hydrogen) atoms. The first-order valence-corrected chi connectivity index (χ1v) is 6.67. The van der Waals surface area contributed by atoms with Crippen LogP contribution in [0.15, 0.2) is 30.5 Å². The molecule has 108 valence electrons. The van der Waals surface area contributed by atoms with E-state index in [0.717, 1.165) is 5.56 Å². The van der Waals surface area contributed by atoms with Crippen molar-refractivity contribution in [3.63, 3.8) is 0 Å². The largest absolute Gasteiger partial charge is 0.508 e. The molecule has 0 aliphatic carbocycles. The predicted molar refractivity (Wildman–Crippen MR) is 75.2 cm³/mol. The number of nitrogens with zero attached hydrogens (tertiary/aromatic N) is 1. The van der Waals surface area contributed by atoms with E-state index in [1.165, 1.54) is 12.1 Å². The van der Waals surface area contributed by atoms with Crippen molar-refractivity contribution in [3.8, 4) is 11.5 Å². The first kappa shape index (κ1) is 13.6. The van der Waals surface area contributed by atoms with Gasteiger partial charge in [0.1, 0.15) is 11.5 Å². The quantitative estimate of drug-likeness (QED) is 0.847. The number of rotatable bonds is 3. The smallest absolute Gasteiger partial charge is 0.165 e. The molecule has 1 aromatic heterocycles. The number of phenolic OH excluding ortho intramolecular Hbond substituents is 1. The average Bonchev–Trinajstić information content (AvgIpc) is 2.86. The van der Waals surface area contributed by atoms with E-state index in [9.17, 15) is 15.0 Å². The Morgan fingerprint density at radius 1 is 1.43 bits per heavy atom. The Kier molecular flexibility index (Phi) is 3.35. The van der Waals surface area contributed by atoms with Gasteiger partial charge in [0.15, 0.2) is 5.78 Å². The van der Waals surface area contributed by atoms with Crippen LogP contribution in [0.1, 0.15) is 39.7 Å². The van der Waals surface area contributed by atoms with E-state index >= 15 is 0 Å². The molecule has 1 aromatic carbocycles. The van der Waals surface area contributed by atoms with E-state index < -0.39 is 6.10 Å². The molecule has 5 heteroatoms. The number of pyridine rings is 1. The number of hydrogen-bond acceptors (Lipinski definition) is 5. The van der Waals surface area contributed by atoms with Crippen LogP contribution in [0.25, 0.3) is 0 Å². The lowest BCUT2D eigenvalue weighted by atomic mass is 9.98. The highest BCUT2D eigenvalue weighted by atomic mass is 16.5. The number of carbonyl (C=O) groups is 1. The standard InChI is InChI=1S/C16H15NO4/c1-9-16(20)15-11(7-17-9)8-21-14(15)6-13(19)10-3-2-4-12(18)5-10/h2-5,7,14,18,20H,6,8H2,1H3. The molecule has 1 aliphatic rings. The highest BCUT2D eigenvalue weighted by Gasteiger charge is 2.30. The van der Waals surface area contributed by atoms with Gasteiger partial charge < -0.3 is 14.9 Å². The molecule has 0 spiro atoms. The summed E-state index contributed by atoms with van der Waals surface area (Å²) in [6.45, 7) is 2.05. The predicted octanol–water partition coefficient (Wildman–Crippen LogP) is 2.65. The van der Waals surface area contributed by atoms with Crippen molar-refractivity contribution in [2.24, 2.45) is 0 Å². The number of aromatic nitrogens is 1. The Hall–Kier alpha value is -2.40. The minimum atomic E-state index is -0.475. The summed E-state index contributed by atoms with van der Waals surface area (Å²) in [4.78, 5) is 16.4. The Morgan fingerprint density at radius 2 is 2.24 bits per heavy atom. The molecular formula is C16H15NO4. The Balaban J connectivity index is 1.86. The average molecular weight is 285 g/mol. The second-order valence-electron chi connectivity index (χ2n) is 5.11. The summed E-state index contributed by atoms with van der Waals surface area (Å²) >= 11 is 0. The summed E-state index contributed by atoms with van der Waals surface area (Å²) in [5, 5.41) is 19.6. The lowest BCUT2D eigenvalue weighted by Gasteiger charge is -2.12. The van der Waals surface area contributed by atoms with Crippen molar-refractivity contribution < 1.29 is 19.7 Å². The van der Waals surface area contributed by atoms with E-state index in [1.807, 2.05) is 0 Å². The van der Waals surface area contributed by atoms with Crippen molar-refractivity contribution in [2.75, 3.05) is 0 Å². The van der Waals surface area contributed by atoms with Crippen molar-refractivity contribution >= 4 is 5.78 Å². The summed E-state index contributed by atoms with van der Waals surface area (Å²) in [6.07, 6.45) is 1.31. The number of Topliss-reactive ketones (excluding diaryl/α,β-unsaturated/α-hetero) is 1. The van der Waals surface area contributed by atoms with Gasteiger partial charge >= 0.3 is 0 Å². The molecule has 1 aliphatic heterocycles. The van der Waals surface area contributed by atoms with Gasteiger partial charge in [-0.1, -0.05) is 12.1 Å². The zero-order chi connectivity index (χ0) is 15.0. The fourth-order valence-corrected chi connectivity index (χ4v) is 2.53. The molecule has 1 atom stereocenters. The number of aryl methyl sites for hydroxylation is 1. The van der Waals surface area contributed by atoms with Crippen molar-refractivity contribution in [1.29, 1.82) is 0 Å². The van der Waals surface area contributed by atoms with Crippen molar-refractivity contribution in [2.45, 2.75) is 26.1 Å². The molecule has 0 saturated carbocycles. The number of phenols is 1. The monoisotopic (exact) mass is 285 g/mol. The van der Waals surface area contributed by atoms with Crippen LogP contribution in [0.2, 0.25) is 0 Å². The number of fused-ring (bicyclic) bond motifs is 1. The van der Waals surface area contributed by atoms with E-state index in [1.54, 1.807) is 25.3 Å². The summed E-state index contributed by atoms with van der Waals surface area (Å²) in [5.74, 6) is 0.00723. The Morgan fingerprint density at radius 3 is 3.00 bits per heavy atom. The molecular weight excluding hydrogens is 270 g/mol. The zero-order valence-corrected chi connectivity index (χ0v) is 11.5. The van der Waals surface area contributed by atoms with Gasteiger partial charge in [0, 0.05) is 29.3 Å². The third kappa shape index (κ3) is 2.48. The van der Waals surface area contributed by atoms with E-state index in [2.05, 4.69) is 4.98 Å². The molecule has 2 N–H and O–H groups in total. The number of ketones is 1. The minimum Gasteiger partial charge on any atom is -0.508 e. The fourth-order valence-electron chi connectivity index (χ4n) is 2.53. The van der Waals surface area contributed by atoms with Gasteiger partial charge in [0.25, 0.3) is 0 Å². The number of carbonyl (C=O) groups excluding carboxylic acids is 1. The van der Waals surface area contributed by atoms with Crippen LogP contribution >= 0.6 is 0 Å². The summed E-state index contributed by atoms with van der Waals surface area (Å²) in [5.41, 5.74) is 2.41. The van der Waals surface area contributed by atoms with Gasteiger partial charge in [-0.05, 0) is 19.1 Å². The Labute approximate surface area is 121 Å². The molecule has 0 radical (unpaired) electrons. The number of hydrogen-bond donors (Lipinski definition) is 2. The SMILES string of the molecule is Cc1ncc2c(c1O)C(CC(=O)c1cccc(O)c1)OC2. The Bertz CT molecular complexity index is 711. The zero-order valence-electron chi connectivity index (χ0n) is 11.5.